The number of benzene rings is 1. The predicted octanol–water partition coefficient (Wildman–Crippen LogP) is 3.21. The fourth-order valence-corrected chi connectivity index (χ4v) is 4.13. The third-order valence-electron chi connectivity index (χ3n) is 4.84. The van der Waals surface area contributed by atoms with Crippen molar-refractivity contribution >= 4 is 17.7 Å². The Hall–Kier alpha value is -2.35. The molecule has 2 aliphatic rings. The molecule has 1 heterocycles. The number of thioether (sulfide) groups is 1. The van der Waals surface area contributed by atoms with E-state index in [1.165, 1.54) is 30.3 Å². The van der Waals surface area contributed by atoms with E-state index in [9.17, 15) is 4.79 Å². The van der Waals surface area contributed by atoms with Crippen LogP contribution in [0.1, 0.15) is 38.5 Å². The molecule has 0 atom stereocenters. The van der Waals surface area contributed by atoms with Crippen molar-refractivity contribution in [1.82, 2.24) is 25.1 Å². The molecule has 0 N–H and O–H groups in total. The van der Waals surface area contributed by atoms with E-state index in [0.717, 1.165) is 31.4 Å². The number of tetrazole rings is 1. The number of ether oxygens (including phenoxy) is 1. The third kappa shape index (κ3) is 4.00. The molecule has 0 bridgehead atoms. The number of methoxy groups -OCH3 is 1. The normalized spacial score (nSPS) is 16.7. The highest BCUT2D eigenvalue weighted by atomic mass is 32.2. The maximum Gasteiger partial charge on any atom is 0.237 e. The fraction of sp³-hybridized carbons (Fsp3) is 0.474. The highest BCUT2D eigenvalue weighted by molar-refractivity contribution is 7.99. The summed E-state index contributed by atoms with van der Waals surface area (Å²) in [6, 6.07) is 7.94. The summed E-state index contributed by atoms with van der Waals surface area (Å²) in [5, 5.41) is 12.5. The van der Waals surface area contributed by atoms with Crippen LogP contribution in [0, 0.1) is 0 Å². The van der Waals surface area contributed by atoms with Crippen LogP contribution in [0.5, 0.6) is 5.75 Å². The predicted molar refractivity (Wildman–Crippen MR) is 103 cm³/mol. The quantitative estimate of drug-likeness (QED) is 0.682. The zero-order valence-corrected chi connectivity index (χ0v) is 16.2. The van der Waals surface area contributed by atoms with Crippen molar-refractivity contribution in [2.24, 2.45) is 0 Å². The van der Waals surface area contributed by atoms with Crippen LogP contribution in [0.15, 0.2) is 41.2 Å². The van der Waals surface area contributed by atoms with Gasteiger partial charge in [0.2, 0.25) is 11.1 Å². The molecule has 4 rings (SSSR count). The first-order valence-electron chi connectivity index (χ1n) is 9.33. The number of carbonyl (C=O) groups is 1. The molecular weight excluding hydrogens is 362 g/mol. The Labute approximate surface area is 162 Å². The fourth-order valence-electron chi connectivity index (χ4n) is 3.39. The summed E-state index contributed by atoms with van der Waals surface area (Å²) in [7, 11) is 1.62. The molecule has 1 amide bonds. The molecule has 2 aliphatic carbocycles. The molecule has 1 aromatic heterocycles. The van der Waals surface area contributed by atoms with Gasteiger partial charge in [0.25, 0.3) is 0 Å². The van der Waals surface area contributed by atoms with E-state index in [0.29, 0.717) is 22.7 Å². The molecular formula is C19H23N5O2S. The lowest BCUT2D eigenvalue weighted by Crippen LogP contribution is -2.34. The number of allylic oxidation sites excluding steroid dienone is 2. The van der Waals surface area contributed by atoms with Crippen molar-refractivity contribution in [3.63, 3.8) is 0 Å². The van der Waals surface area contributed by atoms with Gasteiger partial charge < -0.3 is 9.64 Å². The van der Waals surface area contributed by atoms with Gasteiger partial charge in [-0.2, -0.15) is 4.68 Å². The monoisotopic (exact) mass is 385 g/mol. The van der Waals surface area contributed by atoms with Gasteiger partial charge in [0.05, 0.1) is 12.9 Å². The molecule has 142 valence electrons. The van der Waals surface area contributed by atoms with Crippen LogP contribution in [0.2, 0.25) is 0 Å². The molecule has 0 radical (unpaired) electrons. The first kappa shape index (κ1) is 18.0. The van der Waals surface area contributed by atoms with Gasteiger partial charge in [-0.1, -0.05) is 30.0 Å². The number of hydrogen-bond acceptors (Lipinski definition) is 6. The van der Waals surface area contributed by atoms with Crippen LogP contribution in [0.3, 0.4) is 0 Å². The van der Waals surface area contributed by atoms with Crippen molar-refractivity contribution in [3.05, 3.63) is 36.0 Å². The van der Waals surface area contributed by atoms with Gasteiger partial charge in [0.15, 0.2) is 0 Å². The molecule has 1 saturated carbocycles. The van der Waals surface area contributed by atoms with Gasteiger partial charge in [-0.05, 0) is 61.1 Å². The van der Waals surface area contributed by atoms with E-state index in [-0.39, 0.29) is 5.91 Å². The summed E-state index contributed by atoms with van der Waals surface area (Å²) in [5.41, 5.74) is 1.97. The largest absolute Gasteiger partial charge is 0.494 e. The summed E-state index contributed by atoms with van der Waals surface area (Å²) >= 11 is 1.37. The zero-order chi connectivity index (χ0) is 18.6. The van der Waals surface area contributed by atoms with Crippen molar-refractivity contribution in [2.75, 3.05) is 12.9 Å². The molecule has 27 heavy (non-hydrogen) atoms. The summed E-state index contributed by atoms with van der Waals surface area (Å²) in [5.74, 6) is 1.15. The molecule has 0 spiro atoms. The molecule has 0 saturated heterocycles. The minimum atomic E-state index is 0.144. The Morgan fingerprint density at radius 2 is 2.19 bits per heavy atom. The second-order valence-electron chi connectivity index (χ2n) is 6.77. The highest BCUT2D eigenvalue weighted by Gasteiger charge is 2.35. The van der Waals surface area contributed by atoms with E-state index in [1.807, 2.05) is 29.2 Å². The van der Waals surface area contributed by atoms with Crippen molar-refractivity contribution < 1.29 is 9.53 Å². The molecule has 0 aliphatic heterocycles. The lowest BCUT2D eigenvalue weighted by Gasteiger charge is -2.27. The Morgan fingerprint density at radius 3 is 2.93 bits per heavy atom. The Kier molecular flexibility index (Phi) is 5.42. The Morgan fingerprint density at radius 1 is 1.33 bits per heavy atom. The SMILES string of the molecule is COc1ccccc1-n1nnnc1SCC(=O)N(C1=CCCCC1)C1CC1. The molecule has 8 heteroatoms. The maximum absolute atomic E-state index is 13.0. The standard InChI is InChI=1S/C19H23N5O2S/c1-26-17-10-6-5-9-16(17)24-19(20-21-22-24)27-13-18(25)23(15-11-12-15)14-7-3-2-4-8-14/h5-7,9-10,15H,2-4,8,11-13H2,1H3. The van der Waals surface area contributed by atoms with Crippen LogP contribution in [0.4, 0.5) is 0 Å². The molecule has 7 nitrogen and oxygen atoms in total. The summed E-state index contributed by atoms with van der Waals surface area (Å²) < 4.78 is 7.02. The molecule has 1 fully saturated rings. The van der Waals surface area contributed by atoms with E-state index >= 15 is 0 Å². The van der Waals surface area contributed by atoms with Crippen LogP contribution < -0.4 is 4.74 Å². The number of nitrogens with zero attached hydrogens (tertiary/aromatic N) is 5. The highest BCUT2D eigenvalue weighted by Crippen LogP contribution is 2.35. The average Bonchev–Trinajstić information content (AvgIpc) is 3.43. The minimum absolute atomic E-state index is 0.144. The second kappa shape index (κ2) is 8.12. The van der Waals surface area contributed by atoms with Gasteiger partial charge >= 0.3 is 0 Å². The number of carbonyl (C=O) groups excluding carboxylic acids is 1. The summed E-state index contributed by atoms with van der Waals surface area (Å²) in [6.07, 6.45) is 8.92. The number of rotatable bonds is 7. The van der Waals surface area contributed by atoms with Crippen molar-refractivity contribution in [3.8, 4) is 11.4 Å². The summed E-state index contributed by atoms with van der Waals surface area (Å²) in [4.78, 5) is 15.0. The van der Waals surface area contributed by atoms with Crippen LogP contribution in [0.25, 0.3) is 5.69 Å². The maximum atomic E-state index is 13.0. The number of amides is 1. The summed E-state index contributed by atoms with van der Waals surface area (Å²) in [6.45, 7) is 0. The first-order valence-corrected chi connectivity index (χ1v) is 10.3. The van der Waals surface area contributed by atoms with Crippen LogP contribution in [-0.2, 0) is 4.79 Å². The van der Waals surface area contributed by atoms with Crippen molar-refractivity contribution in [2.45, 2.75) is 49.7 Å². The average molecular weight is 385 g/mol. The van der Waals surface area contributed by atoms with E-state index in [1.54, 1.807) is 11.8 Å². The molecule has 1 aromatic carbocycles. The second-order valence-corrected chi connectivity index (χ2v) is 7.71. The number of hydrogen-bond donors (Lipinski definition) is 0. The third-order valence-corrected chi connectivity index (χ3v) is 5.74. The van der Waals surface area contributed by atoms with Gasteiger partial charge in [-0.15, -0.1) is 5.10 Å². The van der Waals surface area contributed by atoms with Gasteiger partial charge in [0.1, 0.15) is 11.4 Å². The van der Waals surface area contributed by atoms with E-state index < -0.39 is 0 Å². The van der Waals surface area contributed by atoms with Crippen molar-refractivity contribution in [1.29, 1.82) is 0 Å². The van der Waals surface area contributed by atoms with Gasteiger partial charge in [-0.3, -0.25) is 4.79 Å². The Bertz CT molecular complexity index is 846. The zero-order valence-electron chi connectivity index (χ0n) is 15.4. The van der Waals surface area contributed by atoms with Crippen LogP contribution in [-0.4, -0.2) is 49.9 Å². The first-order chi connectivity index (χ1) is 13.3. The number of para-hydroxylation sites is 2. The molecule has 2 aromatic rings. The topological polar surface area (TPSA) is 73.1 Å². The molecule has 0 unspecified atom stereocenters. The smallest absolute Gasteiger partial charge is 0.237 e. The lowest BCUT2D eigenvalue weighted by atomic mass is 10.0. The van der Waals surface area contributed by atoms with E-state index in [4.69, 9.17) is 4.74 Å². The van der Waals surface area contributed by atoms with E-state index in [2.05, 4.69) is 21.6 Å². The minimum Gasteiger partial charge on any atom is -0.494 e. The van der Waals surface area contributed by atoms with Crippen LogP contribution >= 0.6 is 11.8 Å². The van der Waals surface area contributed by atoms with Gasteiger partial charge in [0, 0.05) is 11.7 Å². The Balaban J connectivity index is 1.48. The lowest BCUT2D eigenvalue weighted by molar-refractivity contribution is -0.127. The van der Waals surface area contributed by atoms with Gasteiger partial charge in [-0.25, -0.2) is 0 Å². The number of aromatic nitrogens is 4.